The average molecular weight is 277 g/mol. The minimum absolute atomic E-state index is 0.413. The number of rotatable bonds is 2. The number of carbonyl (C=O) groups is 1. The van der Waals surface area contributed by atoms with Crippen LogP contribution in [0.1, 0.15) is 31.4 Å². The lowest BCUT2D eigenvalue weighted by Crippen LogP contribution is -2.38. The number of hydrazone groups is 1. The van der Waals surface area contributed by atoms with Crippen molar-refractivity contribution in [1.29, 1.82) is 0 Å². The summed E-state index contributed by atoms with van der Waals surface area (Å²) in [7, 11) is 1.61. The molecule has 0 saturated carbocycles. The van der Waals surface area contributed by atoms with Gasteiger partial charge in [-0.15, -0.1) is 0 Å². The van der Waals surface area contributed by atoms with E-state index in [-0.39, 0.29) is 0 Å². The Balaban J connectivity index is 2.53. The lowest BCUT2D eigenvalue weighted by atomic mass is 9.90. The minimum Gasteiger partial charge on any atom is -0.497 e. The molecule has 6 nitrogen and oxygen atoms in total. The summed E-state index contributed by atoms with van der Waals surface area (Å²) in [6.45, 7) is 5.87. The maximum Gasteiger partial charge on any atom is 0.332 e. The van der Waals surface area contributed by atoms with Gasteiger partial charge in [-0.2, -0.15) is 5.10 Å². The van der Waals surface area contributed by atoms with Gasteiger partial charge in [0.25, 0.3) is 0 Å². The molecular formula is C14H19N3O3. The molecule has 1 aliphatic rings. The van der Waals surface area contributed by atoms with Gasteiger partial charge in [0, 0.05) is 18.1 Å². The van der Waals surface area contributed by atoms with Crippen molar-refractivity contribution in [3.63, 3.8) is 0 Å². The van der Waals surface area contributed by atoms with Crippen LogP contribution in [-0.4, -0.2) is 24.5 Å². The normalized spacial score (nSPS) is 18.1. The standard InChI is InChI=1S/C14H19N3O3/c1-8-5-9(19-4)6-11-12(8)10(16-17-13(15)18)7-14(2,3)20-11/h5-6H,7H2,1-4H3,(H3,15,17,18). The van der Waals surface area contributed by atoms with Crippen LogP contribution in [0.2, 0.25) is 0 Å². The van der Waals surface area contributed by atoms with Gasteiger partial charge in [0.05, 0.1) is 12.8 Å². The number of urea groups is 1. The summed E-state index contributed by atoms with van der Waals surface area (Å²) < 4.78 is 11.2. The van der Waals surface area contributed by atoms with E-state index in [0.29, 0.717) is 12.2 Å². The summed E-state index contributed by atoms with van der Waals surface area (Å²) in [5.41, 5.74) is 9.54. The number of nitrogens with zero attached hydrogens (tertiary/aromatic N) is 1. The van der Waals surface area contributed by atoms with Crippen LogP contribution >= 0.6 is 0 Å². The number of ether oxygens (including phenoxy) is 2. The third kappa shape index (κ3) is 2.84. The Hall–Kier alpha value is -2.24. The first-order valence-electron chi connectivity index (χ1n) is 6.32. The van der Waals surface area contributed by atoms with E-state index in [0.717, 1.165) is 22.6 Å². The van der Waals surface area contributed by atoms with Crippen molar-refractivity contribution in [1.82, 2.24) is 5.43 Å². The number of methoxy groups -OCH3 is 1. The Labute approximate surface area is 117 Å². The Bertz CT molecular complexity index is 579. The van der Waals surface area contributed by atoms with Crippen LogP contribution in [-0.2, 0) is 0 Å². The van der Waals surface area contributed by atoms with E-state index >= 15 is 0 Å². The van der Waals surface area contributed by atoms with E-state index in [4.69, 9.17) is 15.2 Å². The maximum absolute atomic E-state index is 10.9. The summed E-state index contributed by atoms with van der Waals surface area (Å²) in [5.74, 6) is 1.42. The van der Waals surface area contributed by atoms with Gasteiger partial charge in [0.2, 0.25) is 0 Å². The molecule has 0 saturated heterocycles. The highest BCUT2D eigenvalue weighted by molar-refractivity contribution is 6.06. The number of amides is 2. The molecule has 0 radical (unpaired) electrons. The fourth-order valence-electron chi connectivity index (χ4n) is 2.33. The van der Waals surface area contributed by atoms with Crippen molar-refractivity contribution < 1.29 is 14.3 Å². The molecule has 0 aliphatic carbocycles. The molecule has 1 heterocycles. The van der Waals surface area contributed by atoms with E-state index in [1.54, 1.807) is 7.11 Å². The van der Waals surface area contributed by atoms with Crippen LogP contribution in [0.15, 0.2) is 17.2 Å². The predicted molar refractivity (Wildman–Crippen MR) is 76.3 cm³/mol. The number of benzene rings is 1. The van der Waals surface area contributed by atoms with Crippen molar-refractivity contribution >= 4 is 11.7 Å². The summed E-state index contributed by atoms with van der Waals surface area (Å²) >= 11 is 0. The fourth-order valence-corrected chi connectivity index (χ4v) is 2.33. The van der Waals surface area contributed by atoms with E-state index < -0.39 is 11.6 Å². The van der Waals surface area contributed by atoms with Crippen molar-refractivity contribution in [3.05, 3.63) is 23.3 Å². The molecule has 6 heteroatoms. The summed E-state index contributed by atoms with van der Waals surface area (Å²) in [4.78, 5) is 10.9. The molecule has 0 fully saturated rings. The number of primary amides is 1. The molecule has 108 valence electrons. The number of carbonyl (C=O) groups excluding carboxylic acids is 1. The van der Waals surface area contributed by atoms with Crippen molar-refractivity contribution in [2.45, 2.75) is 32.8 Å². The molecule has 2 rings (SSSR count). The largest absolute Gasteiger partial charge is 0.497 e. The van der Waals surface area contributed by atoms with Crippen molar-refractivity contribution in [3.8, 4) is 11.5 Å². The van der Waals surface area contributed by atoms with Gasteiger partial charge in [0.15, 0.2) is 0 Å². The third-order valence-electron chi connectivity index (χ3n) is 3.08. The molecule has 0 spiro atoms. The number of nitrogens with two attached hydrogens (primary N) is 1. The van der Waals surface area contributed by atoms with Crippen molar-refractivity contribution in [2.75, 3.05) is 7.11 Å². The number of hydrogen-bond acceptors (Lipinski definition) is 4. The number of fused-ring (bicyclic) bond motifs is 1. The molecule has 0 aromatic heterocycles. The highest BCUT2D eigenvalue weighted by Crippen LogP contribution is 2.38. The summed E-state index contributed by atoms with van der Waals surface area (Å²) in [6, 6.07) is 3.04. The predicted octanol–water partition coefficient (Wildman–Crippen LogP) is 1.94. The second-order valence-corrected chi connectivity index (χ2v) is 5.39. The van der Waals surface area contributed by atoms with E-state index in [1.165, 1.54) is 0 Å². The maximum atomic E-state index is 10.9. The van der Waals surface area contributed by atoms with Crippen LogP contribution in [0.3, 0.4) is 0 Å². The van der Waals surface area contributed by atoms with E-state index in [2.05, 4.69) is 10.5 Å². The molecule has 1 aliphatic heterocycles. The number of hydrogen-bond donors (Lipinski definition) is 2. The van der Waals surface area contributed by atoms with E-state index in [9.17, 15) is 4.79 Å². The Morgan fingerprint density at radius 2 is 2.20 bits per heavy atom. The van der Waals surface area contributed by atoms with Crippen LogP contribution in [0.5, 0.6) is 11.5 Å². The van der Waals surface area contributed by atoms with Gasteiger partial charge >= 0.3 is 6.03 Å². The second kappa shape index (κ2) is 5.03. The van der Waals surface area contributed by atoms with Crippen LogP contribution < -0.4 is 20.6 Å². The quantitative estimate of drug-likeness (QED) is 0.810. The fraction of sp³-hybridized carbons (Fsp3) is 0.429. The van der Waals surface area contributed by atoms with Gasteiger partial charge in [-0.3, -0.25) is 0 Å². The SMILES string of the molecule is COc1cc(C)c2c(c1)OC(C)(C)CC2=NNC(N)=O. The molecule has 0 atom stereocenters. The lowest BCUT2D eigenvalue weighted by molar-refractivity contribution is 0.110. The Kier molecular flexibility index (Phi) is 3.57. The molecule has 3 N–H and O–H groups in total. The molecule has 1 aromatic rings. The van der Waals surface area contributed by atoms with Gasteiger partial charge in [-0.1, -0.05) is 0 Å². The molecule has 1 aromatic carbocycles. The van der Waals surface area contributed by atoms with Crippen LogP contribution in [0, 0.1) is 6.92 Å². The highest BCUT2D eigenvalue weighted by Gasteiger charge is 2.32. The second-order valence-electron chi connectivity index (χ2n) is 5.39. The zero-order valence-corrected chi connectivity index (χ0v) is 12.1. The Morgan fingerprint density at radius 3 is 2.80 bits per heavy atom. The monoisotopic (exact) mass is 277 g/mol. The Morgan fingerprint density at radius 1 is 1.50 bits per heavy atom. The lowest BCUT2D eigenvalue weighted by Gasteiger charge is -2.34. The molecule has 0 unspecified atom stereocenters. The first kappa shape index (κ1) is 14.2. The van der Waals surface area contributed by atoms with E-state index in [1.807, 2.05) is 32.9 Å². The minimum atomic E-state index is -0.686. The highest BCUT2D eigenvalue weighted by atomic mass is 16.5. The number of nitrogens with one attached hydrogen (secondary N) is 1. The smallest absolute Gasteiger partial charge is 0.332 e. The van der Waals surface area contributed by atoms with Gasteiger partial charge in [-0.25, -0.2) is 10.2 Å². The van der Waals surface area contributed by atoms with Crippen molar-refractivity contribution in [2.24, 2.45) is 10.8 Å². The first-order chi connectivity index (χ1) is 9.32. The first-order valence-corrected chi connectivity index (χ1v) is 6.32. The van der Waals surface area contributed by atoms with Gasteiger partial charge in [0.1, 0.15) is 17.1 Å². The topological polar surface area (TPSA) is 85.9 Å². The van der Waals surface area contributed by atoms with Gasteiger partial charge < -0.3 is 15.2 Å². The number of aryl methyl sites for hydroxylation is 1. The van der Waals surface area contributed by atoms with Crippen LogP contribution in [0.4, 0.5) is 4.79 Å². The average Bonchev–Trinajstić information content (AvgIpc) is 2.33. The zero-order chi connectivity index (χ0) is 14.9. The summed E-state index contributed by atoms with van der Waals surface area (Å²) in [5, 5.41) is 4.11. The molecule has 0 bridgehead atoms. The van der Waals surface area contributed by atoms with Gasteiger partial charge in [-0.05, 0) is 32.4 Å². The molecule has 20 heavy (non-hydrogen) atoms. The summed E-state index contributed by atoms with van der Waals surface area (Å²) in [6.07, 6.45) is 0.577. The molecule has 2 amide bonds. The third-order valence-corrected chi connectivity index (χ3v) is 3.08. The van der Waals surface area contributed by atoms with Crippen LogP contribution in [0.25, 0.3) is 0 Å². The molecular weight excluding hydrogens is 258 g/mol. The zero-order valence-electron chi connectivity index (χ0n) is 12.1.